The number of para-hydroxylation sites is 1. The van der Waals surface area contributed by atoms with E-state index in [0.29, 0.717) is 5.92 Å². The van der Waals surface area contributed by atoms with Crippen LogP contribution in [0.4, 0.5) is 0 Å². The maximum atomic E-state index is 4.12. The molecule has 1 N–H and O–H groups in total. The molecule has 1 aliphatic heterocycles. The number of benzene rings is 2. The number of hydrogen-bond acceptors (Lipinski definition) is 4. The van der Waals surface area contributed by atoms with Crippen molar-refractivity contribution in [1.82, 2.24) is 30.1 Å². The van der Waals surface area contributed by atoms with Gasteiger partial charge in [-0.05, 0) is 60.5 Å². The molecule has 27 heavy (non-hydrogen) atoms. The summed E-state index contributed by atoms with van der Waals surface area (Å²) in [6, 6.07) is 15.7. The maximum Gasteiger partial charge on any atom is 0.152 e. The fourth-order valence-electron chi connectivity index (χ4n) is 4.56. The molecule has 1 atom stereocenters. The Kier molecular flexibility index (Phi) is 4.13. The number of H-pyrrole nitrogens is 1. The van der Waals surface area contributed by atoms with E-state index in [1.54, 1.807) is 0 Å². The van der Waals surface area contributed by atoms with E-state index in [1.807, 2.05) is 0 Å². The summed E-state index contributed by atoms with van der Waals surface area (Å²) in [7, 11) is 0. The zero-order valence-electron chi connectivity index (χ0n) is 15.6. The molecule has 0 radical (unpaired) electrons. The summed E-state index contributed by atoms with van der Waals surface area (Å²) in [6.07, 6.45) is 2.33. The average Bonchev–Trinajstić information content (AvgIpc) is 3.34. The SMILES string of the molecule is CCn1c2ccccc2c2cc(CN3CCCC(c4nnn[nH]4)C3)ccc21. The number of tetrazole rings is 1. The fraction of sp³-hybridized carbons (Fsp3) is 0.381. The molecule has 1 fully saturated rings. The molecule has 0 saturated carbocycles. The Morgan fingerprint density at radius 2 is 2.00 bits per heavy atom. The first kappa shape index (κ1) is 16.4. The standard InChI is InChI=1S/C21H24N6/c1-2-27-19-8-4-3-7-17(19)18-12-15(9-10-20(18)27)13-26-11-5-6-16(14-26)21-22-24-25-23-21/h3-4,7-10,12,16H,2,5-6,11,13-14H2,1H3,(H,22,23,24,25). The molecule has 4 aromatic rings. The lowest BCUT2D eigenvalue weighted by molar-refractivity contribution is 0.196. The molecule has 1 unspecified atom stereocenters. The minimum Gasteiger partial charge on any atom is -0.341 e. The second-order valence-electron chi connectivity index (χ2n) is 7.47. The van der Waals surface area contributed by atoms with Gasteiger partial charge in [-0.25, -0.2) is 5.10 Å². The van der Waals surface area contributed by atoms with Crippen LogP contribution in [0.25, 0.3) is 21.8 Å². The van der Waals surface area contributed by atoms with Gasteiger partial charge in [0.05, 0.1) is 0 Å². The van der Waals surface area contributed by atoms with Gasteiger partial charge in [-0.3, -0.25) is 4.90 Å². The Labute approximate surface area is 158 Å². The molecule has 0 aliphatic carbocycles. The number of rotatable bonds is 4. The number of fused-ring (bicyclic) bond motifs is 3. The van der Waals surface area contributed by atoms with Crippen molar-refractivity contribution in [2.24, 2.45) is 0 Å². The highest BCUT2D eigenvalue weighted by atomic mass is 15.5. The van der Waals surface area contributed by atoms with Crippen molar-refractivity contribution in [2.45, 2.75) is 38.8 Å². The van der Waals surface area contributed by atoms with E-state index < -0.39 is 0 Å². The molecule has 0 spiro atoms. The molecule has 6 nitrogen and oxygen atoms in total. The summed E-state index contributed by atoms with van der Waals surface area (Å²) < 4.78 is 2.41. The molecule has 5 rings (SSSR count). The summed E-state index contributed by atoms with van der Waals surface area (Å²) in [5, 5.41) is 17.2. The Bertz CT molecular complexity index is 1070. The van der Waals surface area contributed by atoms with Crippen molar-refractivity contribution in [2.75, 3.05) is 13.1 Å². The van der Waals surface area contributed by atoms with Gasteiger partial charge in [0.15, 0.2) is 5.82 Å². The van der Waals surface area contributed by atoms with Crippen LogP contribution in [-0.4, -0.2) is 43.2 Å². The van der Waals surface area contributed by atoms with Crippen molar-refractivity contribution in [3.8, 4) is 0 Å². The molecule has 2 aromatic carbocycles. The van der Waals surface area contributed by atoms with Crippen LogP contribution in [0.15, 0.2) is 42.5 Å². The molecule has 138 valence electrons. The molecular formula is C21H24N6. The lowest BCUT2D eigenvalue weighted by atomic mass is 9.97. The first-order chi connectivity index (χ1) is 13.3. The van der Waals surface area contributed by atoms with Crippen LogP contribution in [0.5, 0.6) is 0 Å². The van der Waals surface area contributed by atoms with Crippen LogP contribution in [-0.2, 0) is 13.1 Å². The molecule has 1 aliphatic rings. The Morgan fingerprint density at radius 1 is 1.11 bits per heavy atom. The minimum atomic E-state index is 0.402. The van der Waals surface area contributed by atoms with Gasteiger partial charge in [0.1, 0.15) is 0 Å². The van der Waals surface area contributed by atoms with Crippen molar-refractivity contribution in [3.63, 3.8) is 0 Å². The van der Waals surface area contributed by atoms with Crippen LogP contribution in [0.2, 0.25) is 0 Å². The number of aromatic nitrogens is 5. The molecule has 3 heterocycles. The van der Waals surface area contributed by atoms with E-state index in [-0.39, 0.29) is 0 Å². The van der Waals surface area contributed by atoms with Crippen molar-refractivity contribution < 1.29 is 0 Å². The van der Waals surface area contributed by atoms with Gasteiger partial charge in [0, 0.05) is 47.4 Å². The highest BCUT2D eigenvalue weighted by Crippen LogP contribution is 2.31. The van der Waals surface area contributed by atoms with Gasteiger partial charge >= 0.3 is 0 Å². The maximum absolute atomic E-state index is 4.12. The summed E-state index contributed by atoms with van der Waals surface area (Å²) >= 11 is 0. The van der Waals surface area contributed by atoms with E-state index in [0.717, 1.165) is 38.4 Å². The number of piperidine rings is 1. The number of nitrogens with one attached hydrogen (secondary N) is 1. The molecule has 1 saturated heterocycles. The van der Waals surface area contributed by atoms with Gasteiger partial charge in [-0.15, -0.1) is 5.10 Å². The second-order valence-corrected chi connectivity index (χ2v) is 7.47. The topological polar surface area (TPSA) is 62.6 Å². The normalized spacial score (nSPS) is 18.5. The number of aryl methyl sites for hydroxylation is 1. The van der Waals surface area contributed by atoms with E-state index in [1.165, 1.54) is 33.8 Å². The van der Waals surface area contributed by atoms with Crippen molar-refractivity contribution in [1.29, 1.82) is 0 Å². The third-order valence-electron chi connectivity index (χ3n) is 5.81. The monoisotopic (exact) mass is 360 g/mol. The molecule has 6 heteroatoms. The minimum absolute atomic E-state index is 0.402. The molecule has 0 amide bonds. The Hall–Kier alpha value is -2.73. The van der Waals surface area contributed by atoms with E-state index in [9.17, 15) is 0 Å². The smallest absolute Gasteiger partial charge is 0.152 e. The second kappa shape index (κ2) is 6.78. The van der Waals surface area contributed by atoms with Crippen LogP contribution >= 0.6 is 0 Å². The molecular weight excluding hydrogens is 336 g/mol. The third kappa shape index (κ3) is 2.90. The first-order valence-electron chi connectivity index (χ1n) is 9.79. The predicted molar refractivity (Wildman–Crippen MR) is 107 cm³/mol. The van der Waals surface area contributed by atoms with Gasteiger partial charge in [0.25, 0.3) is 0 Å². The first-order valence-corrected chi connectivity index (χ1v) is 9.79. The number of likely N-dealkylation sites (tertiary alicyclic amines) is 1. The quantitative estimate of drug-likeness (QED) is 0.603. The molecule has 0 bridgehead atoms. The third-order valence-corrected chi connectivity index (χ3v) is 5.81. The highest BCUT2D eigenvalue weighted by Gasteiger charge is 2.24. The van der Waals surface area contributed by atoms with Crippen LogP contribution in [0, 0.1) is 0 Å². The highest BCUT2D eigenvalue weighted by molar-refractivity contribution is 6.08. The summed E-state index contributed by atoms with van der Waals surface area (Å²) in [6.45, 7) is 6.31. The fourth-order valence-corrected chi connectivity index (χ4v) is 4.56. The molecule has 2 aromatic heterocycles. The van der Waals surface area contributed by atoms with E-state index >= 15 is 0 Å². The summed E-state index contributed by atoms with van der Waals surface area (Å²) in [5.41, 5.74) is 4.02. The van der Waals surface area contributed by atoms with E-state index in [4.69, 9.17) is 0 Å². The number of nitrogens with zero attached hydrogens (tertiary/aromatic N) is 5. The average molecular weight is 360 g/mol. The lowest BCUT2D eigenvalue weighted by Gasteiger charge is -2.31. The Morgan fingerprint density at radius 3 is 2.85 bits per heavy atom. The van der Waals surface area contributed by atoms with Crippen molar-refractivity contribution >= 4 is 21.8 Å². The van der Waals surface area contributed by atoms with E-state index in [2.05, 4.69) is 79.5 Å². The Balaban J connectivity index is 1.44. The van der Waals surface area contributed by atoms with Gasteiger partial charge in [-0.2, -0.15) is 0 Å². The van der Waals surface area contributed by atoms with Gasteiger partial charge in [-0.1, -0.05) is 24.3 Å². The lowest BCUT2D eigenvalue weighted by Crippen LogP contribution is -2.34. The zero-order chi connectivity index (χ0) is 18.2. The summed E-state index contributed by atoms with van der Waals surface area (Å²) in [5.74, 6) is 1.32. The predicted octanol–water partition coefficient (Wildman–Crippen LogP) is 3.71. The number of hydrogen-bond donors (Lipinski definition) is 1. The number of aromatic amines is 1. The van der Waals surface area contributed by atoms with Gasteiger partial charge in [0.2, 0.25) is 0 Å². The zero-order valence-corrected chi connectivity index (χ0v) is 15.6. The van der Waals surface area contributed by atoms with Gasteiger partial charge < -0.3 is 4.57 Å². The van der Waals surface area contributed by atoms with Crippen LogP contribution in [0.3, 0.4) is 0 Å². The van der Waals surface area contributed by atoms with Crippen molar-refractivity contribution in [3.05, 3.63) is 53.9 Å². The summed E-state index contributed by atoms with van der Waals surface area (Å²) in [4.78, 5) is 2.52. The largest absolute Gasteiger partial charge is 0.341 e. The van der Waals surface area contributed by atoms with Crippen LogP contribution < -0.4 is 0 Å². The van der Waals surface area contributed by atoms with Crippen LogP contribution in [0.1, 0.15) is 37.1 Å².